The molecule has 0 spiro atoms. The smallest absolute Gasteiger partial charge is 0.271 e. The lowest BCUT2D eigenvalue weighted by atomic mass is 10.1. The Balaban J connectivity index is 1.55. The van der Waals surface area contributed by atoms with Crippen molar-refractivity contribution >= 4 is 23.6 Å². The topological polar surface area (TPSA) is 74.9 Å². The molecule has 0 aliphatic heterocycles. The predicted molar refractivity (Wildman–Crippen MR) is 120 cm³/mol. The fraction of sp³-hybridized carbons (Fsp3) is 0.167. The number of ketones is 1. The van der Waals surface area contributed by atoms with E-state index in [9.17, 15) is 9.59 Å². The highest BCUT2D eigenvalue weighted by Gasteiger charge is 2.13. The highest BCUT2D eigenvalue weighted by molar-refractivity contribution is 5.95. The van der Waals surface area contributed by atoms with Crippen LogP contribution in [0.1, 0.15) is 26.3 Å². The molecule has 0 aliphatic carbocycles. The molecule has 7 heteroatoms. The lowest BCUT2D eigenvalue weighted by Gasteiger charge is -2.11. The van der Waals surface area contributed by atoms with Crippen LogP contribution in [0.2, 0.25) is 0 Å². The van der Waals surface area contributed by atoms with Crippen molar-refractivity contribution in [3.05, 3.63) is 89.7 Å². The summed E-state index contributed by atoms with van der Waals surface area (Å²) in [4.78, 5) is 26.7. The van der Waals surface area contributed by atoms with Gasteiger partial charge >= 0.3 is 0 Å². The van der Waals surface area contributed by atoms with Gasteiger partial charge in [0.15, 0.2) is 12.4 Å². The Hall–Kier alpha value is -4.00. The Kier molecular flexibility index (Phi) is 7.11. The maximum absolute atomic E-state index is 12.4. The van der Waals surface area contributed by atoms with Gasteiger partial charge in [0.25, 0.3) is 5.91 Å². The molecule has 0 saturated carbocycles. The van der Waals surface area contributed by atoms with Gasteiger partial charge in [-0.3, -0.25) is 9.59 Å². The molecule has 31 heavy (non-hydrogen) atoms. The number of nitrogens with zero attached hydrogens (tertiary/aromatic N) is 3. The van der Waals surface area contributed by atoms with Gasteiger partial charge in [0.2, 0.25) is 12.3 Å². The van der Waals surface area contributed by atoms with Gasteiger partial charge in [-0.2, -0.15) is 9.67 Å². The number of rotatable bonds is 8. The van der Waals surface area contributed by atoms with E-state index in [2.05, 4.69) is 10.5 Å². The average Bonchev–Trinajstić information content (AvgIpc) is 2.80. The van der Waals surface area contributed by atoms with E-state index < -0.39 is 0 Å². The standard InChI is InChI=1S/C24H24N4O3/c1-27(2)21-8-4-18(5-9-21)16-25-26-24(30)20-12-14-28(15-13-20)17-23(29)19-6-10-22(31-3)11-7-19/h4-16H,17H2,1-3H3/p+1. The van der Waals surface area contributed by atoms with Gasteiger partial charge in [-0.05, 0) is 42.0 Å². The van der Waals surface area contributed by atoms with Crippen LogP contribution in [-0.4, -0.2) is 39.1 Å². The summed E-state index contributed by atoms with van der Waals surface area (Å²) in [6.07, 6.45) is 4.98. The molecule has 1 amide bonds. The van der Waals surface area contributed by atoms with E-state index in [1.54, 1.807) is 66.7 Å². The van der Waals surface area contributed by atoms with Crippen LogP contribution in [0.3, 0.4) is 0 Å². The molecule has 1 aromatic heterocycles. The van der Waals surface area contributed by atoms with Gasteiger partial charge in [0.05, 0.1) is 18.9 Å². The lowest BCUT2D eigenvalue weighted by Crippen LogP contribution is -2.37. The number of carbonyl (C=O) groups excluding carboxylic acids is 2. The molecule has 0 aliphatic rings. The van der Waals surface area contributed by atoms with E-state index in [-0.39, 0.29) is 18.2 Å². The SMILES string of the molecule is COc1ccc(C(=O)C[n+]2ccc(C(=O)N/N=C\c3ccc(N(C)C)cc3)cc2)cc1. The molecule has 158 valence electrons. The number of Topliss-reactive ketones (excluding diaryl/α,β-unsaturated/α-hetero) is 1. The second kappa shape index (κ2) is 10.2. The quantitative estimate of drug-likeness (QED) is 0.265. The van der Waals surface area contributed by atoms with Crippen LogP contribution in [0.4, 0.5) is 5.69 Å². The van der Waals surface area contributed by atoms with Crippen LogP contribution in [0.15, 0.2) is 78.2 Å². The maximum Gasteiger partial charge on any atom is 0.271 e. The Morgan fingerprint density at radius 3 is 2.19 bits per heavy atom. The van der Waals surface area contributed by atoms with Crippen LogP contribution in [-0.2, 0) is 6.54 Å². The third-order valence-corrected chi connectivity index (χ3v) is 4.68. The molecule has 0 fully saturated rings. The van der Waals surface area contributed by atoms with Gasteiger partial charge in [-0.15, -0.1) is 0 Å². The van der Waals surface area contributed by atoms with Crippen LogP contribution in [0.5, 0.6) is 5.75 Å². The zero-order chi connectivity index (χ0) is 22.2. The molecule has 3 aromatic rings. The highest BCUT2D eigenvalue weighted by Crippen LogP contribution is 2.12. The number of benzene rings is 2. The average molecular weight is 417 g/mol. The summed E-state index contributed by atoms with van der Waals surface area (Å²) in [7, 11) is 5.53. The summed E-state index contributed by atoms with van der Waals surface area (Å²) in [5, 5.41) is 4.01. The zero-order valence-electron chi connectivity index (χ0n) is 17.8. The van der Waals surface area contributed by atoms with E-state index >= 15 is 0 Å². The summed E-state index contributed by atoms with van der Waals surface area (Å²) in [5.74, 6) is 0.345. The summed E-state index contributed by atoms with van der Waals surface area (Å²) in [5.41, 5.74) is 5.54. The van der Waals surface area contributed by atoms with Crippen LogP contribution < -0.4 is 19.6 Å². The Morgan fingerprint density at radius 1 is 0.968 bits per heavy atom. The fourth-order valence-corrected chi connectivity index (χ4v) is 2.84. The van der Waals surface area contributed by atoms with Crippen molar-refractivity contribution < 1.29 is 18.9 Å². The maximum atomic E-state index is 12.4. The largest absolute Gasteiger partial charge is 0.497 e. The molecule has 1 N–H and O–H groups in total. The van der Waals surface area contributed by atoms with E-state index in [0.717, 1.165) is 11.3 Å². The number of hydrogen-bond acceptors (Lipinski definition) is 5. The van der Waals surface area contributed by atoms with Gasteiger partial charge < -0.3 is 9.64 Å². The number of methoxy groups -OCH3 is 1. The summed E-state index contributed by atoms with van der Waals surface area (Å²) in [6, 6.07) is 18.1. The second-order valence-electron chi connectivity index (χ2n) is 7.10. The van der Waals surface area contributed by atoms with Crippen molar-refractivity contribution in [2.75, 3.05) is 26.1 Å². The number of hydrogen-bond donors (Lipinski definition) is 1. The highest BCUT2D eigenvalue weighted by atomic mass is 16.5. The van der Waals surface area contributed by atoms with Gasteiger partial charge in [-0.1, -0.05) is 12.1 Å². The lowest BCUT2D eigenvalue weighted by molar-refractivity contribution is -0.683. The number of pyridine rings is 1. The van der Waals surface area contributed by atoms with Crippen molar-refractivity contribution in [1.29, 1.82) is 0 Å². The first-order valence-electron chi connectivity index (χ1n) is 9.73. The fourth-order valence-electron chi connectivity index (χ4n) is 2.84. The van der Waals surface area contributed by atoms with Crippen LogP contribution >= 0.6 is 0 Å². The number of ether oxygens (including phenoxy) is 1. The summed E-state index contributed by atoms with van der Waals surface area (Å²) in [6.45, 7) is 0.176. The number of nitrogens with one attached hydrogen (secondary N) is 1. The molecule has 0 bridgehead atoms. The molecular formula is C24H25N4O3+. The van der Waals surface area contributed by atoms with E-state index in [1.807, 2.05) is 43.3 Å². The zero-order valence-corrected chi connectivity index (χ0v) is 17.8. The van der Waals surface area contributed by atoms with E-state index in [4.69, 9.17) is 4.74 Å². The first-order valence-corrected chi connectivity index (χ1v) is 9.73. The molecule has 0 atom stereocenters. The number of anilines is 1. The third-order valence-electron chi connectivity index (χ3n) is 4.68. The van der Waals surface area contributed by atoms with Crippen molar-refractivity contribution in [3.8, 4) is 5.75 Å². The molecule has 0 radical (unpaired) electrons. The normalized spacial score (nSPS) is 10.7. The minimum absolute atomic E-state index is 0.0326. The van der Waals surface area contributed by atoms with E-state index in [1.165, 1.54) is 0 Å². The van der Waals surface area contributed by atoms with Gasteiger partial charge in [0, 0.05) is 37.5 Å². The summed E-state index contributed by atoms with van der Waals surface area (Å²) < 4.78 is 6.82. The van der Waals surface area contributed by atoms with Crippen LogP contribution in [0, 0.1) is 0 Å². The van der Waals surface area contributed by atoms with Gasteiger partial charge in [0.1, 0.15) is 5.75 Å². The summed E-state index contributed by atoms with van der Waals surface area (Å²) >= 11 is 0. The van der Waals surface area contributed by atoms with Gasteiger partial charge in [-0.25, -0.2) is 5.43 Å². The predicted octanol–water partition coefficient (Wildman–Crippen LogP) is 2.70. The molecule has 7 nitrogen and oxygen atoms in total. The minimum Gasteiger partial charge on any atom is -0.497 e. The molecule has 1 heterocycles. The first kappa shape index (κ1) is 21.7. The molecular weight excluding hydrogens is 392 g/mol. The monoisotopic (exact) mass is 417 g/mol. The Bertz CT molecular complexity index is 1060. The Morgan fingerprint density at radius 2 is 1.61 bits per heavy atom. The number of carbonyl (C=O) groups is 2. The second-order valence-corrected chi connectivity index (χ2v) is 7.10. The van der Waals surface area contributed by atoms with Crippen molar-refractivity contribution in [3.63, 3.8) is 0 Å². The number of aromatic nitrogens is 1. The molecule has 3 rings (SSSR count). The first-order chi connectivity index (χ1) is 15.0. The van der Waals surface area contributed by atoms with Crippen molar-refractivity contribution in [2.45, 2.75) is 6.54 Å². The van der Waals surface area contributed by atoms with Crippen molar-refractivity contribution in [1.82, 2.24) is 5.43 Å². The van der Waals surface area contributed by atoms with Crippen LogP contribution in [0.25, 0.3) is 0 Å². The number of amides is 1. The minimum atomic E-state index is -0.324. The number of hydrazone groups is 1. The molecule has 2 aromatic carbocycles. The van der Waals surface area contributed by atoms with E-state index in [0.29, 0.717) is 16.9 Å². The van der Waals surface area contributed by atoms with Crippen molar-refractivity contribution in [2.24, 2.45) is 5.10 Å². The molecule has 0 saturated heterocycles. The Labute approximate surface area is 181 Å². The molecule has 0 unspecified atom stereocenters. The third kappa shape index (κ3) is 5.99.